The minimum atomic E-state index is -3.30. The first-order valence-corrected chi connectivity index (χ1v) is 18.2. The maximum atomic E-state index is 6.62. The lowest BCUT2D eigenvalue weighted by atomic mass is 10.3. The standard InChI is InChI=1S/C30H43N2O6P3/c1-4-7-25-33-39(36-28-19-13-10-14-20-28)31-41(35-27-9-6-3,38-30-23-17-12-18-24-30)32-40(34-26-8-5-2)37-29-21-15-11-16-22-29/h10-24,31H,4-9,25-27H2,1-3H3/q+2. The summed E-state index contributed by atoms with van der Waals surface area (Å²) in [7, 11) is -6.80. The molecule has 3 unspecified atom stereocenters. The van der Waals surface area contributed by atoms with E-state index in [2.05, 4.69) is 25.6 Å². The van der Waals surface area contributed by atoms with Gasteiger partial charge in [0.05, 0.1) is 13.2 Å². The summed E-state index contributed by atoms with van der Waals surface area (Å²) in [6.07, 6.45) is 5.54. The van der Waals surface area contributed by atoms with Crippen molar-refractivity contribution in [3.05, 3.63) is 91.0 Å². The second-order valence-electron chi connectivity index (χ2n) is 8.98. The van der Waals surface area contributed by atoms with Crippen LogP contribution in [-0.2, 0) is 13.6 Å². The van der Waals surface area contributed by atoms with Crippen LogP contribution in [0.2, 0.25) is 0 Å². The minimum absolute atomic E-state index is 0.431. The normalized spacial score (nSPS) is 13.8. The van der Waals surface area contributed by atoms with E-state index in [1.165, 1.54) is 0 Å². The van der Waals surface area contributed by atoms with Crippen molar-refractivity contribution in [2.75, 3.05) is 19.8 Å². The fourth-order valence-corrected chi connectivity index (χ4v) is 8.92. The van der Waals surface area contributed by atoms with Crippen LogP contribution < -0.4 is 18.4 Å². The first-order valence-electron chi connectivity index (χ1n) is 14.3. The Morgan fingerprint density at radius 1 is 0.683 bits per heavy atom. The predicted molar refractivity (Wildman–Crippen MR) is 170 cm³/mol. The number of hydrogen-bond acceptors (Lipinski definition) is 8. The summed E-state index contributed by atoms with van der Waals surface area (Å²) in [6.45, 7) is 7.81. The Hall–Kier alpha value is -2.14. The summed E-state index contributed by atoms with van der Waals surface area (Å²) in [5, 5.41) is 0. The molecule has 0 aliphatic rings. The third-order valence-corrected chi connectivity index (χ3v) is 11.1. The maximum absolute atomic E-state index is 6.62. The van der Waals surface area contributed by atoms with Gasteiger partial charge in [-0.2, -0.15) is 4.52 Å². The molecule has 0 aliphatic heterocycles. The Balaban J connectivity index is 2.04. The number of nitrogens with one attached hydrogen (secondary N) is 1. The molecule has 222 valence electrons. The lowest BCUT2D eigenvalue weighted by Crippen LogP contribution is -2.21. The van der Waals surface area contributed by atoms with Gasteiger partial charge in [0.25, 0.3) is 0 Å². The van der Waals surface area contributed by atoms with Crippen LogP contribution in [0.1, 0.15) is 59.3 Å². The second-order valence-corrected chi connectivity index (χ2v) is 13.8. The van der Waals surface area contributed by atoms with Gasteiger partial charge in [-0.25, -0.2) is 4.52 Å². The van der Waals surface area contributed by atoms with E-state index in [0.29, 0.717) is 37.1 Å². The first-order chi connectivity index (χ1) is 20.2. The van der Waals surface area contributed by atoms with Gasteiger partial charge < -0.3 is 9.05 Å². The molecule has 3 aromatic rings. The summed E-state index contributed by atoms with van der Waals surface area (Å²) in [5.41, 5.74) is 0. The molecule has 3 rings (SSSR count). The average Bonchev–Trinajstić information content (AvgIpc) is 2.99. The largest absolute Gasteiger partial charge is 0.660 e. The zero-order valence-corrected chi connectivity index (χ0v) is 26.9. The summed E-state index contributed by atoms with van der Waals surface area (Å²) in [5.74, 6) is 1.95. The van der Waals surface area contributed by atoms with E-state index < -0.39 is 24.7 Å². The maximum Gasteiger partial charge on any atom is 0.660 e. The van der Waals surface area contributed by atoms with Crippen LogP contribution in [0.5, 0.6) is 17.2 Å². The molecule has 0 heterocycles. The summed E-state index contributed by atoms with van der Waals surface area (Å²) in [4.78, 5) is 3.47. The highest BCUT2D eigenvalue weighted by molar-refractivity contribution is 7.75. The molecule has 0 aromatic heterocycles. The van der Waals surface area contributed by atoms with Gasteiger partial charge in [-0.05, 0) is 60.5 Å². The van der Waals surface area contributed by atoms with E-state index in [1.54, 1.807) is 0 Å². The highest BCUT2D eigenvalue weighted by Crippen LogP contribution is 2.67. The van der Waals surface area contributed by atoms with E-state index >= 15 is 0 Å². The van der Waals surface area contributed by atoms with Crippen LogP contribution in [0.25, 0.3) is 0 Å². The van der Waals surface area contributed by atoms with Crippen LogP contribution in [0.15, 0.2) is 95.5 Å². The predicted octanol–water partition coefficient (Wildman–Crippen LogP) is 10.7. The second kappa shape index (κ2) is 19.9. The van der Waals surface area contributed by atoms with Crippen molar-refractivity contribution in [3.63, 3.8) is 0 Å². The Bertz CT molecular complexity index is 1110. The molecule has 1 N–H and O–H groups in total. The highest BCUT2D eigenvalue weighted by atomic mass is 31.3. The number of rotatable bonds is 21. The van der Waals surface area contributed by atoms with Gasteiger partial charge in [0.1, 0.15) is 12.4 Å². The molecule has 3 aromatic carbocycles. The fourth-order valence-electron chi connectivity index (χ4n) is 3.17. The molecule has 0 amide bonds. The molecule has 8 nitrogen and oxygen atoms in total. The molecule has 0 bridgehead atoms. The molecule has 0 saturated carbocycles. The minimum Gasteiger partial charge on any atom is -0.434 e. The number of benzene rings is 3. The van der Waals surface area contributed by atoms with Crippen molar-refractivity contribution in [2.45, 2.75) is 59.3 Å². The number of para-hydroxylation sites is 3. The van der Waals surface area contributed by atoms with Crippen LogP contribution in [-0.4, -0.2) is 19.8 Å². The van der Waals surface area contributed by atoms with Crippen LogP contribution in [0.4, 0.5) is 0 Å². The first kappa shape index (κ1) is 33.4. The van der Waals surface area contributed by atoms with Crippen molar-refractivity contribution >= 4 is 24.7 Å². The molecule has 0 saturated heterocycles. The van der Waals surface area contributed by atoms with Crippen molar-refractivity contribution < 1.29 is 27.1 Å². The average molecular weight is 621 g/mol. The van der Waals surface area contributed by atoms with Gasteiger partial charge in [0.2, 0.25) is 4.52 Å². The molecule has 0 spiro atoms. The lowest BCUT2D eigenvalue weighted by Gasteiger charge is -2.21. The number of nitrogens with zero attached hydrogens (tertiary/aromatic N) is 1. The van der Waals surface area contributed by atoms with Crippen molar-refractivity contribution in [2.24, 2.45) is 4.52 Å². The molecule has 0 aliphatic carbocycles. The third-order valence-electron chi connectivity index (χ3n) is 5.40. The molecular formula is C30H43N2O6P3+2. The van der Waals surface area contributed by atoms with Gasteiger partial charge in [-0.15, -0.1) is 4.52 Å². The Morgan fingerprint density at radius 3 is 1.83 bits per heavy atom. The number of hydrogen-bond donors (Lipinski definition) is 1. The monoisotopic (exact) mass is 620 g/mol. The van der Waals surface area contributed by atoms with Gasteiger partial charge in [-0.1, -0.05) is 94.6 Å². The van der Waals surface area contributed by atoms with Gasteiger partial charge in [-0.3, -0.25) is 4.52 Å². The molecule has 3 atom stereocenters. The van der Waals surface area contributed by atoms with E-state index in [4.69, 9.17) is 31.7 Å². The summed E-state index contributed by atoms with van der Waals surface area (Å²) < 4.78 is 43.3. The topological polar surface area (TPSA) is 79.8 Å². The van der Waals surface area contributed by atoms with E-state index in [-0.39, 0.29) is 0 Å². The van der Waals surface area contributed by atoms with Gasteiger partial charge in [0, 0.05) is 0 Å². The van der Waals surface area contributed by atoms with Gasteiger partial charge in [0.15, 0.2) is 11.5 Å². The molecule has 11 heteroatoms. The van der Waals surface area contributed by atoms with Crippen LogP contribution in [0, 0.1) is 0 Å². The van der Waals surface area contributed by atoms with E-state index in [9.17, 15) is 0 Å². The zero-order chi connectivity index (χ0) is 29.0. The van der Waals surface area contributed by atoms with Crippen LogP contribution in [0.3, 0.4) is 0 Å². The molecule has 0 fully saturated rings. The molecular weight excluding hydrogens is 577 g/mol. The Kier molecular flexibility index (Phi) is 16.2. The quantitative estimate of drug-likeness (QED) is 0.0937. The smallest absolute Gasteiger partial charge is 0.434 e. The van der Waals surface area contributed by atoms with Crippen molar-refractivity contribution in [1.82, 2.24) is 4.86 Å². The van der Waals surface area contributed by atoms with E-state index in [1.807, 2.05) is 91.0 Å². The van der Waals surface area contributed by atoms with E-state index in [0.717, 1.165) is 38.5 Å². The lowest BCUT2D eigenvalue weighted by molar-refractivity contribution is 0.274. The zero-order valence-electron chi connectivity index (χ0n) is 24.3. The van der Waals surface area contributed by atoms with Crippen LogP contribution >= 0.6 is 24.7 Å². The molecule has 41 heavy (non-hydrogen) atoms. The SMILES string of the molecule is CCCCOP(N[P+](N=[P+](OCCCC)Oc1ccccc1)(OCCCC)Oc1ccccc1)Oc1ccccc1. The summed E-state index contributed by atoms with van der Waals surface area (Å²) in [6, 6.07) is 28.7. The third kappa shape index (κ3) is 13.1. The Morgan fingerprint density at radius 2 is 1.22 bits per heavy atom. The van der Waals surface area contributed by atoms with Gasteiger partial charge >= 0.3 is 24.7 Å². The number of unbranched alkanes of at least 4 members (excludes halogenated alkanes) is 3. The Labute approximate surface area is 248 Å². The van der Waals surface area contributed by atoms with Crippen molar-refractivity contribution in [3.8, 4) is 17.2 Å². The summed E-state index contributed by atoms with van der Waals surface area (Å²) >= 11 is 0. The fraction of sp³-hybridized carbons (Fsp3) is 0.400. The van der Waals surface area contributed by atoms with Crippen molar-refractivity contribution in [1.29, 1.82) is 0 Å². The molecule has 0 radical (unpaired) electrons. The highest BCUT2D eigenvalue weighted by Gasteiger charge is 2.57.